The molecule has 4 nitrogen and oxygen atoms in total. The molecule has 9 aromatic rings. The fourth-order valence-corrected chi connectivity index (χ4v) is 7.55. The van der Waals surface area contributed by atoms with Crippen molar-refractivity contribution >= 4 is 38.8 Å². The van der Waals surface area contributed by atoms with Crippen LogP contribution in [0.15, 0.2) is 162 Å². The number of allylic oxidation sites excluding steroid dienone is 1. The molecule has 0 atom stereocenters. The van der Waals surface area contributed by atoms with Crippen molar-refractivity contribution in [2.24, 2.45) is 0 Å². The number of benzene rings is 7. The Labute approximate surface area is 295 Å². The molecule has 10 rings (SSSR count). The zero-order valence-corrected chi connectivity index (χ0v) is 27.8. The summed E-state index contributed by atoms with van der Waals surface area (Å²) >= 11 is 0. The van der Waals surface area contributed by atoms with E-state index in [2.05, 4.69) is 97.1 Å². The number of aromatic nitrogens is 3. The van der Waals surface area contributed by atoms with Crippen LogP contribution in [0.25, 0.3) is 95.2 Å². The fraction of sp³-hybridized carbons (Fsp3) is 0.0426. The minimum atomic E-state index is 0.647. The molecule has 0 saturated carbocycles. The van der Waals surface area contributed by atoms with Crippen LogP contribution in [0, 0.1) is 0 Å². The molecular weight excluding hydrogens is 623 g/mol. The van der Waals surface area contributed by atoms with Gasteiger partial charge in [-0.25, -0.2) is 15.0 Å². The summed E-state index contributed by atoms with van der Waals surface area (Å²) in [6.07, 6.45) is 6.53. The molecule has 240 valence electrons. The molecular formula is C47H31N3O. The lowest BCUT2D eigenvalue weighted by atomic mass is 9.87. The van der Waals surface area contributed by atoms with E-state index in [4.69, 9.17) is 19.4 Å². The normalized spacial score (nSPS) is 12.5. The third-order valence-electron chi connectivity index (χ3n) is 10.0. The van der Waals surface area contributed by atoms with E-state index in [-0.39, 0.29) is 0 Å². The summed E-state index contributed by atoms with van der Waals surface area (Å²) in [7, 11) is 0. The van der Waals surface area contributed by atoms with Gasteiger partial charge in [-0.1, -0.05) is 152 Å². The van der Waals surface area contributed by atoms with Gasteiger partial charge >= 0.3 is 0 Å². The number of rotatable bonds is 5. The van der Waals surface area contributed by atoms with Gasteiger partial charge in [0, 0.05) is 33.0 Å². The number of aryl methyl sites for hydroxylation is 1. The molecule has 0 fully saturated rings. The first kappa shape index (κ1) is 29.3. The first-order chi connectivity index (χ1) is 25.3. The Morgan fingerprint density at radius 1 is 0.471 bits per heavy atom. The van der Waals surface area contributed by atoms with Crippen molar-refractivity contribution in [1.82, 2.24) is 15.0 Å². The maximum absolute atomic E-state index is 6.43. The summed E-state index contributed by atoms with van der Waals surface area (Å²) in [5, 5.41) is 4.56. The molecule has 0 radical (unpaired) electrons. The topological polar surface area (TPSA) is 51.8 Å². The number of furan rings is 1. The lowest BCUT2D eigenvalue weighted by molar-refractivity contribution is 0.661. The predicted octanol–water partition coefficient (Wildman–Crippen LogP) is 12.2. The van der Waals surface area contributed by atoms with Gasteiger partial charge in [0.15, 0.2) is 17.5 Å². The van der Waals surface area contributed by atoms with E-state index >= 15 is 0 Å². The van der Waals surface area contributed by atoms with Gasteiger partial charge in [-0.15, -0.1) is 0 Å². The van der Waals surface area contributed by atoms with Crippen molar-refractivity contribution in [2.75, 3.05) is 0 Å². The number of fused-ring (bicyclic) bond motifs is 6. The standard InChI is InChI=1S/C47H31N3O/c1-3-14-33(15-4-1)45-48-46(34-16-5-2-6-17-34)50-47(49-45)43-35-18-8-7-13-30(35)27-28-36(43)31-23-25-32(26-24-31)40-29-41-38-20-11-12-22-42(38)51-44(41)39-21-10-9-19-37(39)40/h1-9,11-20,22-29H,10,21H2. The molecule has 0 spiro atoms. The molecule has 0 N–H and O–H groups in total. The summed E-state index contributed by atoms with van der Waals surface area (Å²) < 4.78 is 6.43. The number of hydrogen-bond acceptors (Lipinski definition) is 4. The van der Waals surface area contributed by atoms with Crippen LogP contribution in [-0.2, 0) is 6.42 Å². The van der Waals surface area contributed by atoms with Crippen LogP contribution in [0.1, 0.15) is 17.5 Å². The van der Waals surface area contributed by atoms with Crippen LogP contribution in [0.2, 0.25) is 0 Å². The van der Waals surface area contributed by atoms with Gasteiger partial charge in [-0.05, 0) is 63.6 Å². The van der Waals surface area contributed by atoms with Crippen LogP contribution >= 0.6 is 0 Å². The van der Waals surface area contributed by atoms with E-state index < -0.39 is 0 Å². The first-order valence-corrected chi connectivity index (χ1v) is 17.4. The quantitative estimate of drug-likeness (QED) is 0.185. The maximum Gasteiger partial charge on any atom is 0.165 e. The number of nitrogens with zero attached hydrogens (tertiary/aromatic N) is 3. The van der Waals surface area contributed by atoms with Gasteiger partial charge in [-0.3, -0.25) is 0 Å². The second kappa shape index (κ2) is 12.0. The van der Waals surface area contributed by atoms with Gasteiger partial charge < -0.3 is 4.42 Å². The van der Waals surface area contributed by atoms with E-state index in [9.17, 15) is 0 Å². The average Bonchev–Trinajstić information content (AvgIpc) is 3.60. The molecule has 4 heteroatoms. The molecule has 0 saturated heterocycles. The monoisotopic (exact) mass is 653 g/mol. The number of hydrogen-bond donors (Lipinski definition) is 0. The maximum atomic E-state index is 6.43. The van der Waals surface area contributed by atoms with E-state index in [1.807, 2.05) is 66.7 Å². The largest absolute Gasteiger partial charge is 0.456 e. The molecule has 1 aliphatic rings. The third kappa shape index (κ3) is 5.03. The molecule has 7 aromatic carbocycles. The number of para-hydroxylation sites is 1. The minimum absolute atomic E-state index is 0.647. The molecule has 0 aliphatic heterocycles. The summed E-state index contributed by atoms with van der Waals surface area (Å²) in [6, 6.07) is 52.8. The lowest BCUT2D eigenvalue weighted by Crippen LogP contribution is -2.01. The molecule has 0 bridgehead atoms. The Kier molecular flexibility index (Phi) is 6.91. The Morgan fingerprint density at radius 2 is 1.08 bits per heavy atom. The van der Waals surface area contributed by atoms with Gasteiger partial charge in [0.05, 0.1) is 0 Å². The molecule has 2 aromatic heterocycles. The smallest absolute Gasteiger partial charge is 0.165 e. The van der Waals surface area contributed by atoms with E-state index in [0.717, 1.165) is 68.0 Å². The first-order valence-electron chi connectivity index (χ1n) is 17.4. The Bertz CT molecular complexity index is 2720. The SMILES string of the molecule is C1=Cc2c(-c3ccc(-c4ccc5ccccc5c4-c4nc(-c5ccccc5)nc(-c5ccccc5)n4)cc3)cc3c(oc4ccccc43)c2CC1. The molecule has 2 heterocycles. The zero-order chi connectivity index (χ0) is 33.7. The van der Waals surface area contributed by atoms with Crippen molar-refractivity contribution in [3.63, 3.8) is 0 Å². The summed E-state index contributed by atoms with van der Waals surface area (Å²) in [4.78, 5) is 15.3. The average molecular weight is 654 g/mol. The van der Waals surface area contributed by atoms with Crippen LogP contribution in [0.3, 0.4) is 0 Å². The highest BCUT2D eigenvalue weighted by Gasteiger charge is 2.21. The Morgan fingerprint density at radius 3 is 1.80 bits per heavy atom. The van der Waals surface area contributed by atoms with Crippen molar-refractivity contribution in [2.45, 2.75) is 12.8 Å². The van der Waals surface area contributed by atoms with Crippen LogP contribution in [0.4, 0.5) is 0 Å². The third-order valence-corrected chi connectivity index (χ3v) is 10.0. The highest BCUT2D eigenvalue weighted by atomic mass is 16.3. The van der Waals surface area contributed by atoms with E-state index in [0.29, 0.717) is 17.5 Å². The summed E-state index contributed by atoms with van der Waals surface area (Å²) in [5.74, 6) is 1.94. The van der Waals surface area contributed by atoms with Crippen molar-refractivity contribution < 1.29 is 4.42 Å². The Balaban J connectivity index is 1.16. The van der Waals surface area contributed by atoms with E-state index in [1.54, 1.807) is 0 Å². The van der Waals surface area contributed by atoms with Crippen molar-refractivity contribution in [3.8, 4) is 56.4 Å². The van der Waals surface area contributed by atoms with Gasteiger partial charge in [-0.2, -0.15) is 0 Å². The zero-order valence-electron chi connectivity index (χ0n) is 27.8. The summed E-state index contributed by atoms with van der Waals surface area (Å²) in [6.45, 7) is 0. The predicted molar refractivity (Wildman–Crippen MR) is 209 cm³/mol. The van der Waals surface area contributed by atoms with Gasteiger partial charge in [0.1, 0.15) is 11.2 Å². The van der Waals surface area contributed by atoms with Crippen molar-refractivity contribution in [3.05, 3.63) is 169 Å². The minimum Gasteiger partial charge on any atom is -0.456 e. The highest BCUT2D eigenvalue weighted by molar-refractivity contribution is 6.09. The van der Waals surface area contributed by atoms with Crippen molar-refractivity contribution in [1.29, 1.82) is 0 Å². The second-order valence-electron chi connectivity index (χ2n) is 13.1. The molecule has 51 heavy (non-hydrogen) atoms. The van der Waals surface area contributed by atoms with E-state index in [1.165, 1.54) is 27.6 Å². The van der Waals surface area contributed by atoms with Crippen LogP contribution in [-0.4, -0.2) is 15.0 Å². The summed E-state index contributed by atoms with van der Waals surface area (Å²) in [5.41, 5.74) is 11.9. The highest BCUT2D eigenvalue weighted by Crippen LogP contribution is 2.42. The molecule has 1 aliphatic carbocycles. The van der Waals surface area contributed by atoms with Gasteiger partial charge in [0.25, 0.3) is 0 Å². The Hall–Kier alpha value is -6.65. The van der Waals surface area contributed by atoms with Crippen LogP contribution < -0.4 is 0 Å². The lowest BCUT2D eigenvalue weighted by Gasteiger charge is -2.17. The van der Waals surface area contributed by atoms with Crippen LogP contribution in [0.5, 0.6) is 0 Å². The fourth-order valence-electron chi connectivity index (χ4n) is 7.55. The molecule has 0 amide bonds. The molecule has 0 unspecified atom stereocenters. The second-order valence-corrected chi connectivity index (χ2v) is 13.1. The van der Waals surface area contributed by atoms with Gasteiger partial charge in [0.2, 0.25) is 0 Å².